The van der Waals surface area contributed by atoms with Gasteiger partial charge in [0.15, 0.2) is 0 Å². The number of rotatable bonds is 2. The average Bonchev–Trinajstić information content (AvgIpc) is 2.24. The number of nitrogens with zero attached hydrogens (tertiary/aromatic N) is 1. The lowest BCUT2D eigenvalue weighted by Crippen LogP contribution is -2.55. The van der Waals surface area contributed by atoms with E-state index in [2.05, 4.69) is 5.32 Å². The summed E-state index contributed by atoms with van der Waals surface area (Å²) >= 11 is 0. The van der Waals surface area contributed by atoms with Gasteiger partial charge in [0.25, 0.3) is 0 Å². The average molecular weight is 276 g/mol. The van der Waals surface area contributed by atoms with Crippen LogP contribution in [0.25, 0.3) is 0 Å². The zero-order valence-corrected chi connectivity index (χ0v) is 11.7. The monoisotopic (exact) mass is 276 g/mol. The van der Waals surface area contributed by atoms with Crippen LogP contribution in [0.15, 0.2) is 0 Å². The van der Waals surface area contributed by atoms with Crippen molar-refractivity contribution < 1.29 is 18.9 Å². The number of carboxylic acids is 1. The minimum Gasteiger partial charge on any atom is -0.480 e. The molecule has 0 spiro atoms. The van der Waals surface area contributed by atoms with E-state index in [9.17, 15) is 13.8 Å². The van der Waals surface area contributed by atoms with Gasteiger partial charge in [0, 0.05) is 35.4 Å². The van der Waals surface area contributed by atoms with Crippen molar-refractivity contribution in [1.29, 1.82) is 0 Å². The smallest absolute Gasteiger partial charge is 0.326 e. The summed E-state index contributed by atoms with van der Waals surface area (Å²) in [5, 5.41) is 11.6. The van der Waals surface area contributed by atoms with Crippen molar-refractivity contribution >= 4 is 22.8 Å². The van der Waals surface area contributed by atoms with E-state index in [-0.39, 0.29) is 0 Å². The highest BCUT2D eigenvalue weighted by molar-refractivity contribution is 7.85. The Balaban J connectivity index is 2.62. The molecule has 1 aliphatic rings. The van der Waals surface area contributed by atoms with Crippen molar-refractivity contribution in [2.75, 3.05) is 24.6 Å². The van der Waals surface area contributed by atoms with Gasteiger partial charge in [-0.1, -0.05) is 20.8 Å². The minimum absolute atomic E-state index is 0.394. The molecule has 1 aliphatic heterocycles. The number of aliphatic carboxylic acids is 1. The zero-order chi connectivity index (χ0) is 13.9. The Morgan fingerprint density at radius 3 is 2.17 bits per heavy atom. The van der Waals surface area contributed by atoms with Crippen molar-refractivity contribution in [2.24, 2.45) is 5.41 Å². The normalized spacial score (nSPS) is 19.4. The molecule has 2 amide bonds. The van der Waals surface area contributed by atoms with E-state index in [1.54, 1.807) is 20.8 Å². The van der Waals surface area contributed by atoms with Crippen LogP contribution in [-0.4, -0.2) is 56.9 Å². The van der Waals surface area contributed by atoms with Crippen molar-refractivity contribution in [3.63, 3.8) is 0 Å². The molecule has 1 saturated heterocycles. The van der Waals surface area contributed by atoms with Gasteiger partial charge in [-0.05, 0) is 5.41 Å². The van der Waals surface area contributed by atoms with Crippen molar-refractivity contribution in [3.05, 3.63) is 0 Å². The first-order valence-corrected chi connectivity index (χ1v) is 7.34. The number of hydrogen-bond donors (Lipinski definition) is 2. The summed E-state index contributed by atoms with van der Waals surface area (Å²) in [6.45, 7) is 6.11. The van der Waals surface area contributed by atoms with E-state index in [1.807, 2.05) is 0 Å². The van der Waals surface area contributed by atoms with Crippen LogP contribution in [0.2, 0.25) is 0 Å². The summed E-state index contributed by atoms with van der Waals surface area (Å²) in [5.41, 5.74) is -0.555. The molecule has 18 heavy (non-hydrogen) atoms. The fourth-order valence-electron chi connectivity index (χ4n) is 1.70. The van der Waals surface area contributed by atoms with Gasteiger partial charge in [-0.3, -0.25) is 4.21 Å². The second-order valence-corrected chi connectivity index (χ2v) is 7.12. The molecule has 2 N–H and O–H groups in total. The molecule has 7 heteroatoms. The topological polar surface area (TPSA) is 86.7 Å². The Morgan fingerprint density at radius 2 is 1.78 bits per heavy atom. The quantitative estimate of drug-likeness (QED) is 0.757. The van der Waals surface area contributed by atoms with Gasteiger partial charge < -0.3 is 15.3 Å². The molecule has 0 aliphatic carbocycles. The Morgan fingerprint density at radius 1 is 1.28 bits per heavy atom. The highest BCUT2D eigenvalue weighted by atomic mass is 32.2. The summed E-state index contributed by atoms with van der Waals surface area (Å²) < 4.78 is 11.2. The molecule has 0 aromatic carbocycles. The summed E-state index contributed by atoms with van der Waals surface area (Å²) in [6, 6.07) is -1.33. The maximum Gasteiger partial charge on any atom is 0.326 e. The van der Waals surface area contributed by atoms with Crippen LogP contribution in [0.3, 0.4) is 0 Å². The zero-order valence-electron chi connectivity index (χ0n) is 10.9. The van der Waals surface area contributed by atoms with Gasteiger partial charge in [0.05, 0.1) is 0 Å². The van der Waals surface area contributed by atoms with E-state index < -0.39 is 34.3 Å². The van der Waals surface area contributed by atoms with Gasteiger partial charge in [-0.15, -0.1) is 0 Å². The SMILES string of the molecule is CC(C)(C)[C@H](NC(=O)N1CCS(=O)CC1)C(=O)O. The van der Waals surface area contributed by atoms with E-state index in [0.29, 0.717) is 24.6 Å². The highest BCUT2D eigenvalue weighted by Crippen LogP contribution is 2.19. The lowest BCUT2D eigenvalue weighted by molar-refractivity contribution is -0.142. The summed E-state index contributed by atoms with van der Waals surface area (Å²) in [7, 11) is -0.854. The lowest BCUT2D eigenvalue weighted by Gasteiger charge is -2.32. The molecule has 0 unspecified atom stereocenters. The van der Waals surface area contributed by atoms with Crippen LogP contribution in [0.5, 0.6) is 0 Å². The van der Waals surface area contributed by atoms with Crippen LogP contribution >= 0.6 is 0 Å². The van der Waals surface area contributed by atoms with Gasteiger partial charge in [-0.2, -0.15) is 0 Å². The maximum absolute atomic E-state index is 11.9. The second-order valence-electron chi connectivity index (χ2n) is 5.42. The van der Waals surface area contributed by atoms with Crippen LogP contribution < -0.4 is 5.32 Å². The molecular weight excluding hydrogens is 256 g/mol. The predicted octanol–water partition coefficient (Wildman–Crippen LogP) is 0.260. The first kappa shape index (κ1) is 14.9. The van der Waals surface area contributed by atoms with Crippen LogP contribution in [0.1, 0.15) is 20.8 Å². The third kappa shape index (κ3) is 3.97. The molecule has 0 radical (unpaired) electrons. The van der Waals surface area contributed by atoms with Gasteiger partial charge in [0.2, 0.25) is 0 Å². The second kappa shape index (κ2) is 5.69. The highest BCUT2D eigenvalue weighted by Gasteiger charge is 2.34. The van der Waals surface area contributed by atoms with E-state index in [4.69, 9.17) is 5.11 Å². The molecule has 1 heterocycles. The molecule has 1 fully saturated rings. The number of carbonyl (C=O) groups excluding carboxylic acids is 1. The summed E-state index contributed by atoms with van der Waals surface area (Å²) in [6.07, 6.45) is 0. The number of nitrogens with one attached hydrogen (secondary N) is 1. The Bertz CT molecular complexity index is 355. The fourth-order valence-corrected chi connectivity index (χ4v) is 2.76. The lowest BCUT2D eigenvalue weighted by atomic mass is 9.87. The van der Waals surface area contributed by atoms with Crippen molar-refractivity contribution in [2.45, 2.75) is 26.8 Å². The molecular formula is C11H20N2O4S. The van der Waals surface area contributed by atoms with E-state index in [1.165, 1.54) is 4.90 Å². The molecule has 0 bridgehead atoms. The number of hydrogen-bond acceptors (Lipinski definition) is 3. The number of urea groups is 1. The van der Waals surface area contributed by atoms with Crippen molar-refractivity contribution in [1.82, 2.24) is 10.2 Å². The Labute approximate surface area is 109 Å². The van der Waals surface area contributed by atoms with E-state index in [0.717, 1.165) is 0 Å². The third-order valence-electron chi connectivity index (χ3n) is 2.85. The molecule has 6 nitrogen and oxygen atoms in total. The molecule has 0 aromatic rings. The molecule has 104 valence electrons. The first-order valence-electron chi connectivity index (χ1n) is 5.85. The minimum atomic E-state index is -1.04. The number of carboxylic acid groups (broad SMARTS) is 1. The standard InChI is InChI=1S/C11H20N2O4S/c1-11(2,3)8(9(14)15)12-10(16)13-4-6-18(17)7-5-13/h8H,4-7H2,1-3H3,(H,12,16)(H,14,15)/t8-/m1/s1. The predicted molar refractivity (Wildman–Crippen MR) is 68.9 cm³/mol. The summed E-state index contributed by atoms with van der Waals surface area (Å²) in [4.78, 5) is 24.6. The van der Waals surface area contributed by atoms with Gasteiger partial charge in [-0.25, -0.2) is 9.59 Å². The molecule has 1 rings (SSSR count). The van der Waals surface area contributed by atoms with E-state index >= 15 is 0 Å². The number of amides is 2. The molecule has 0 aromatic heterocycles. The molecule has 0 saturated carbocycles. The maximum atomic E-state index is 11.9. The third-order valence-corrected chi connectivity index (χ3v) is 4.12. The first-order chi connectivity index (χ1) is 8.21. The molecule has 1 atom stereocenters. The van der Waals surface area contributed by atoms with Crippen LogP contribution in [0, 0.1) is 5.41 Å². The summed E-state index contributed by atoms with van der Waals surface area (Å²) in [5.74, 6) is -0.127. The largest absolute Gasteiger partial charge is 0.480 e. The Kier molecular flexibility index (Phi) is 4.72. The Hall–Kier alpha value is -1.11. The van der Waals surface area contributed by atoms with Gasteiger partial charge >= 0.3 is 12.0 Å². The fraction of sp³-hybridized carbons (Fsp3) is 0.818. The van der Waals surface area contributed by atoms with Crippen LogP contribution in [0.4, 0.5) is 4.79 Å². The number of carbonyl (C=O) groups is 2. The van der Waals surface area contributed by atoms with Gasteiger partial charge in [0.1, 0.15) is 6.04 Å². The van der Waals surface area contributed by atoms with Crippen molar-refractivity contribution in [3.8, 4) is 0 Å². The van der Waals surface area contributed by atoms with Crippen LogP contribution in [-0.2, 0) is 15.6 Å².